The average Bonchev–Trinajstić information content (AvgIpc) is 2.35. The number of anilines is 1. The molecular formula is C12H18ClNO3. The number of hydrogen-bond donors (Lipinski definition) is 3. The molecule has 1 aromatic rings. The number of aliphatic hydroxyl groups is 2. The Morgan fingerprint density at radius 3 is 2.65 bits per heavy atom. The summed E-state index contributed by atoms with van der Waals surface area (Å²) in [4.78, 5) is 0. The average molecular weight is 260 g/mol. The van der Waals surface area contributed by atoms with Crippen molar-refractivity contribution >= 4 is 17.3 Å². The van der Waals surface area contributed by atoms with Crippen LogP contribution < -0.4 is 10.1 Å². The Morgan fingerprint density at radius 1 is 1.29 bits per heavy atom. The van der Waals surface area contributed by atoms with E-state index >= 15 is 0 Å². The molecule has 0 aliphatic heterocycles. The molecule has 1 rings (SSSR count). The van der Waals surface area contributed by atoms with Crippen molar-refractivity contribution in [3.05, 3.63) is 22.7 Å². The number of methoxy groups -OCH3 is 1. The molecular weight excluding hydrogens is 242 g/mol. The van der Waals surface area contributed by atoms with Crippen molar-refractivity contribution in [1.29, 1.82) is 0 Å². The van der Waals surface area contributed by atoms with Crippen molar-refractivity contribution in [3.63, 3.8) is 0 Å². The fourth-order valence-corrected chi connectivity index (χ4v) is 1.76. The van der Waals surface area contributed by atoms with E-state index in [2.05, 4.69) is 5.32 Å². The van der Waals surface area contributed by atoms with Crippen LogP contribution in [0.3, 0.4) is 0 Å². The molecule has 0 saturated carbocycles. The Labute approximate surface area is 106 Å². The molecule has 17 heavy (non-hydrogen) atoms. The van der Waals surface area contributed by atoms with E-state index in [1.807, 2.05) is 0 Å². The summed E-state index contributed by atoms with van der Waals surface area (Å²) < 4.78 is 5.16. The molecule has 0 aliphatic rings. The number of hydrogen-bond acceptors (Lipinski definition) is 4. The van der Waals surface area contributed by atoms with E-state index in [0.29, 0.717) is 16.3 Å². The van der Waals surface area contributed by atoms with Crippen molar-refractivity contribution < 1.29 is 14.9 Å². The van der Waals surface area contributed by atoms with Gasteiger partial charge in [0.15, 0.2) is 0 Å². The molecule has 5 heteroatoms. The molecule has 0 unspecified atom stereocenters. The zero-order chi connectivity index (χ0) is 12.7. The molecule has 0 atom stereocenters. The Hall–Kier alpha value is -0.970. The number of ether oxygens (including phenoxy) is 1. The summed E-state index contributed by atoms with van der Waals surface area (Å²) in [5.41, 5.74) is 1.44. The lowest BCUT2D eigenvalue weighted by Crippen LogP contribution is -2.04. The van der Waals surface area contributed by atoms with E-state index in [0.717, 1.165) is 25.1 Å². The van der Waals surface area contributed by atoms with E-state index in [4.69, 9.17) is 26.6 Å². The minimum Gasteiger partial charge on any atom is -0.496 e. The molecule has 0 saturated heterocycles. The van der Waals surface area contributed by atoms with Gasteiger partial charge in [-0.3, -0.25) is 0 Å². The molecule has 0 spiro atoms. The summed E-state index contributed by atoms with van der Waals surface area (Å²) in [5.74, 6) is 0.613. The van der Waals surface area contributed by atoms with Gasteiger partial charge in [-0.05, 0) is 18.9 Å². The lowest BCUT2D eigenvalue weighted by molar-refractivity contribution is 0.274. The summed E-state index contributed by atoms with van der Waals surface area (Å²) >= 11 is 6.07. The second kappa shape index (κ2) is 7.37. The highest BCUT2D eigenvalue weighted by Crippen LogP contribution is 2.30. The molecule has 0 bridgehead atoms. The van der Waals surface area contributed by atoms with Crippen molar-refractivity contribution in [2.24, 2.45) is 0 Å². The van der Waals surface area contributed by atoms with Gasteiger partial charge in [-0.25, -0.2) is 0 Å². The summed E-state index contributed by atoms with van der Waals surface area (Å²) in [6, 6.07) is 3.46. The first-order chi connectivity index (χ1) is 8.22. The van der Waals surface area contributed by atoms with Gasteiger partial charge in [0.25, 0.3) is 0 Å². The molecule has 1 aromatic carbocycles. The van der Waals surface area contributed by atoms with Gasteiger partial charge in [-0.1, -0.05) is 11.6 Å². The summed E-state index contributed by atoms with van der Waals surface area (Å²) in [6.07, 6.45) is 1.63. The zero-order valence-electron chi connectivity index (χ0n) is 9.87. The predicted octanol–water partition coefficient (Wildman–Crippen LogP) is 2.03. The maximum absolute atomic E-state index is 9.12. The zero-order valence-corrected chi connectivity index (χ0v) is 10.6. The highest BCUT2D eigenvalue weighted by atomic mass is 35.5. The number of halogens is 1. The van der Waals surface area contributed by atoms with Gasteiger partial charge in [0.2, 0.25) is 0 Å². The Kier molecular flexibility index (Phi) is 6.11. The summed E-state index contributed by atoms with van der Waals surface area (Å²) in [5, 5.41) is 21.5. The fraction of sp³-hybridized carbons (Fsp3) is 0.500. The lowest BCUT2D eigenvalue weighted by atomic mass is 10.2. The number of aliphatic hydroxyl groups excluding tert-OH is 2. The van der Waals surface area contributed by atoms with Crippen LogP contribution in [0.15, 0.2) is 12.1 Å². The molecule has 96 valence electrons. The Bertz CT molecular complexity index is 358. The fourth-order valence-electron chi connectivity index (χ4n) is 1.50. The predicted molar refractivity (Wildman–Crippen MR) is 68.7 cm³/mol. The SMILES string of the molecule is COc1cc(NCCCCO)c(Cl)cc1CO. The molecule has 4 nitrogen and oxygen atoms in total. The van der Waals surface area contributed by atoms with Crippen molar-refractivity contribution in [2.75, 3.05) is 25.6 Å². The van der Waals surface area contributed by atoms with E-state index in [1.54, 1.807) is 19.2 Å². The monoisotopic (exact) mass is 259 g/mol. The van der Waals surface area contributed by atoms with Crippen LogP contribution in [0.5, 0.6) is 5.75 Å². The van der Waals surface area contributed by atoms with Crippen molar-refractivity contribution in [2.45, 2.75) is 19.4 Å². The van der Waals surface area contributed by atoms with Crippen LogP contribution in [0.1, 0.15) is 18.4 Å². The first-order valence-corrected chi connectivity index (χ1v) is 5.92. The van der Waals surface area contributed by atoms with Gasteiger partial charge in [0, 0.05) is 24.8 Å². The molecule has 0 aromatic heterocycles. The van der Waals surface area contributed by atoms with Crippen molar-refractivity contribution in [3.8, 4) is 5.75 Å². The number of unbranched alkanes of at least 4 members (excludes halogenated alkanes) is 1. The first kappa shape index (κ1) is 14.1. The van der Waals surface area contributed by atoms with Gasteiger partial charge in [-0.15, -0.1) is 0 Å². The lowest BCUT2D eigenvalue weighted by Gasteiger charge is -2.12. The van der Waals surface area contributed by atoms with Gasteiger partial charge < -0.3 is 20.3 Å². The second-order valence-corrected chi connectivity index (χ2v) is 4.07. The van der Waals surface area contributed by atoms with Crippen molar-refractivity contribution in [1.82, 2.24) is 0 Å². The summed E-state index contributed by atoms with van der Waals surface area (Å²) in [6.45, 7) is 0.831. The van der Waals surface area contributed by atoms with E-state index in [1.165, 1.54) is 0 Å². The highest BCUT2D eigenvalue weighted by Gasteiger charge is 2.08. The maximum atomic E-state index is 9.12. The van der Waals surface area contributed by atoms with Crippen LogP contribution in [-0.4, -0.2) is 30.5 Å². The van der Waals surface area contributed by atoms with Gasteiger partial charge in [-0.2, -0.15) is 0 Å². The third kappa shape index (κ3) is 4.07. The topological polar surface area (TPSA) is 61.7 Å². The molecule has 0 amide bonds. The van der Waals surface area contributed by atoms with E-state index < -0.39 is 0 Å². The van der Waals surface area contributed by atoms with Gasteiger partial charge in [0.1, 0.15) is 5.75 Å². The highest BCUT2D eigenvalue weighted by molar-refractivity contribution is 6.33. The third-order valence-corrected chi connectivity index (χ3v) is 2.75. The van der Waals surface area contributed by atoms with Crippen LogP contribution in [0, 0.1) is 0 Å². The molecule has 0 aliphatic carbocycles. The number of nitrogens with one attached hydrogen (secondary N) is 1. The number of benzene rings is 1. The normalized spacial score (nSPS) is 10.4. The van der Waals surface area contributed by atoms with Crippen LogP contribution in [0.25, 0.3) is 0 Å². The largest absolute Gasteiger partial charge is 0.496 e. The van der Waals surface area contributed by atoms with E-state index in [-0.39, 0.29) is 13.2 Å². The molecule has 0 radical (unpaired) electrons. The van der Waals surface area contributed by atoms with Crippen LogP contribution >= 0.6 is 11.6 Å². The second-order valence-electron chi connectivity index (χ2n) is 3.66. The first-order valence-electron chi connectivity index (χ1n) is 5.55. The van der Waals surface area contributed by atoms with Crippen LogP contribution in [0.4, 0.5) is 5.69 Å². The van der Waals surface area contributed by atoms with Crippen LogP contribution in [0.2, 0.25) is 5.02 Å². The third-order valence-electron chi connectivity index (χ3n) is 2.44. The van der Waals surface area contributed by atoms with Gasteiger partial charge in [0.05, 0.1) is 24.4 Å². The maximum Gasteiger partial charge on any atom is 0.126 e. The molecule has 0 fully saturated rings. The quantitative estimate of drug-likeness (QED) is 0.656. The Balaban J connectivity index is 2.71. The molecule has 3 N–H and O–H groups in total. The minimum atomic E-state index is -0.103. The summed E-state index contributed by atoms with van der Waals surface area (Å²) in [7, 11) is 1.55. The van der Waals surface area contributed by atoms with Gasteiger partial charge >= 0.3 is 0 Å². The Morgan fingerprint density at radius 2 is 2.06 bits per heavy atom. The smallest absolute Gasteiger partial charge is 0.126 e. The standard InChI is InChI=1S/C12H18ClNO3/c1-17-12-7-11(14-4-2-3-5-15)10(13)6-9(12)8-16/h6-7,14-16H,2-5,8H2,1H3. The van der Waals surface area contributed by atoms with E-state index in [9.17, 15) is 0 Å². The number of rotatable bonds is 7. The molecule has 0 heterocycles. The minimum absolute atomic E-state index is 0.103. The van der Waals surface area contributed by atoms with Crippen LogP contribution in [-0.2, 0) is 6.61 Å².